The Morgan fingerprint density at radius 1 is 1.45 bits per heavy atom. The molecule has 1 aliphatic rings. The molecule has 1 rings (SSSR count). The van der Waals surface area contributed by atoms with E-state index in [0.29, 0.717) is 6.42 Å². The van der Waals surface area contributed by atoms with E-state index in [1.165, 1.54) is 14.0 Å². The number of nitrogens with one attached hydrogen (secondary N) is 2. The summed E-state index contributed by atoms with van der Waals surface area (Å²) in [5.74, 6) is -2.03. The highest BCUT2D eigenvalue weighted by Crippen LogP contribution is 2.14. The monoisotopic (exact) mass is 285 g/mol. The van der Waals surface area contributed by atoms with Crippen LogP contribution in [0.5, 0.6) is 0 Å². The standard InChI is InChI=1S/C12H19N3O5/c1-4-5-12(2,10(18)19)14-11(20)13-7-6-8(16)15(3)9(7)17/h7H,4-6H2,1-3H3,(H,18,19)(H2,13,14,20). The third kappa shape index (κ3) is 3.25. The maximum atomic E-state index is 11.8. The number of carbonyl (C=O) groups is 4. The molecule has 0 aromatic heterocycles. The van der Waals surface area contributed by atoms with E-state index in [4.69, 9.17) is 5.11 Å². The van der Waals surface area contributed by atoms with Crippen molar-refractivity contribution in [2.75, 3.05) is 7.05 Å². The number of hydrogen-bond acceptors (Lipinski definition) is 4. The fourth-order valence-electron chi connectivity index (χ4n) is 2.04. The van der Waals surface area contributed by atoms with Gasteiger partial charge in [0.25, 0.3) is 5.91 Å². The molecule has 0 aliphatic carbocycles. The Hall–Kier alpha value is -2.12. The Balaban J connectivity index is 2.66. The lowest BCUT2D eigenvalue weighted by atomic mass is 9.96. The second kappa shape index (κ2) is 5.89. The van der Waals surface area contributed by atoms with Crippen molar-refractivity contribution in [1.82, 2.24) is 15.5 Å². The fraction of sp³-hybridized carbons (Fsp3) is 0.667. The summed E-state index contributed by atoms with van der Waals surface area (Å²) in [6, 6.07) is -1.71. The Kier molecular flexibility index (Phi) is 4.69. The van der Waals surface area contributed by atoms with Gasteiger partial charge in [0.1, 0.15) is 11.6 Å². The van der Waals surface area contributed by atoms with Crippen LogP contribution in [-0.4, -0.2) is 52.4 Å². The summed E-state index contributed by atoms with van der Waals surface area (Å²) >= 11 is 0. The minimum absolute atomic E-state index is 0.111. The zero-order valence-electron chi connectivity index (χ0n) is 11.7. The topological polar surface area (TPSA) is 116 Å². The zero-order valence-corrected chi connectivity index (χ0v) is 11.7. The van der Waals surface area contributed by atoms with Crippen molar-refractivity contribution in [3.05, 3.63) is 0 Å². The van der Waals surface area contributed by atoms with Crippen LogP contribution in [0.3, 0.4) is 0 Å². The predicted octanol–water partition coefficient (Wildman–Crippen LogP) is -0.314. The number of likely N-dealkylation sites (N-methyl/N-ethyl adjacent to an activating group) is 1. The second-order valence-electron chi connectivity index (χ2n) is 5.03. The number of hydrogen-bond donors (Lipinski definition) is 3. The van der Waals surface area contributed by atoms with Crippen LogP contribution in [0.4, 0.5) is 4.79 Å². The quantitative estimate of drug-likeness (QED) is 0.599. The van der Waals surface area contributed by atoms with E-state index in [9.17, 15) is 19.2 Å². The van der Waals surface area contributed by atoms with Crippen molar-refractivity contribution in [3.63, 3.8) is 0 Å². The van der Waals surface area contributed by atoms with Crippen LogP contribution in [0.15, 0.2) is 0 Å². The first kappa shape index (κ1) is 15.9. The number of aliphatic carboxylic acids is 1. The van der Waals surface area contributed by atoms with Gasteiger partial charge in [-0.1, -0.05) is 13.3 Å². The van der Waals surface area contributed by atoms with Crippen LogP contribution < -0.4 is 10.6 Å². The molecular weight excluding hydrogens is 266 g/mol. The molecule has 112 valence electrons. The Morgan fingerprint density at radius 2 is 2.05 bits per heavy atom. The van der Waals surface area contributed by atoms with Crippen LogP contribution in [0.2, 0.25) is 0 Å². The van der Waals surface area contributed by atoms with E-state index in [0.717, 1.165) is 4.90 Å². The summed E-state index contributed by atoms with van der Waals surface area (Å²) in [4.78, 5) is 46.8. The van der Waals surface area contributed by atoms with Crippen molar-refractivity contribution in [2.45, 2.75) is 44.7 Å². The van der Waals surface area contributed by atoms with Gasteiger partial charge in [-0.15, -0.1) is 0 Å². The highest BCUT2D eigenvalue weighted by Gasteiger charge is 2.39. The Morgan fingerprint density at radius 3 is 2.45 bits per heavy atom. The molecule has 1 aliphatic heterocycles. The molecule has 3 N–H and O–H groups in total. The number of urea groups is 1. The lowest BCUT2D eigenvalue weighted by molar-refractivity contribution is -0.144. The van der Waals surface area contributed by atoms with Crippen molar-refractivity contribution in [2.24, 2.45) is 0 Å². The number of carboxylic acids is 1. The molecule has 1 saturated heterocycles. The lowest BCUT2D eigenvalue weighted by Crippen LogP contribution is -2.57. The molecular formula is C12H19N3O5. The molecule has 8 nitrogen and oxygen atoms in total. The number of rotatable bonds is 5. The van der Waals surface area contributed by atoms with E-state index in [1.54, 1.807) is 6.92 Å². The van der Waals surface area contributed by atoms with Crippen LogP contribution in [0.25, 0.3) is 0 Å². The smallest absolute Gasteiger partial charge is 0.329 e. The molecule has 0 aromatic carbocycles. The molecule has 0 saturated carbocycles. The van der Waals surface area contributed by atoms with Crippen molar-refractivity contribution >= 4 is 23.8 Å². The molecule has 20 heavy (non-hydrogen) atoms. The van der Waals surface area contributed by atoms with Gasteiger partial charge in [0, 0.05) is 7.05 Å². The van der Waals surface area contributed by atoms with Gasteiger partial charge in [-0.05, 0) is 13.3 Å². The minimum Gasteiger partial charge on any atom is -0.480 e. The molecule has 0 radical (unpaired) electrons. The van der Waals surface area contributed by atoms with E-state index >= 15 is 0 Å². The summed E-state index contributed by atoms with van der Waals surface area (Å²) in [6.07, 6.45) is 0.722. The molecule has 1 fully saturated rings. The molecule has 2 atom stereocenters. The van der Waals surface area contributed by atoms with Gasteiger partial charge < -0.3 is 15.7 Å². The van der Waals surface area contributed by atoms with Gasteiger partial charge in [-0.2, -0.15) is 0 Å². The maximum absolute atomic E-state index is 11.8. The molecule has 4 amide bonds. The second-order valence-corrected chi connectivity index (χ2v) is 5.03. The molecule has 0 bridgehead atoms. The minimum atomic E-state index is -1.41. The van der Waals surface area contributed by atoms with Gasteiger partial charge in [0.05, 0.1) is 6.42 Å². The van der Waals surface area contributed by atoms with Crippen LogP contribution in [0, 0.1) is 0 Å². The lowest BCUT2D eigenvalue weighted by Gasteiger charge is -2.26. The Labute approximate surface area is 116 Å². The number of carbonyl (C=O) groups excluding carboxylic acids is 3. The first-order valence-electron chi connectivity index (χ1n) is 6.33. The molecule has 0 aromatic rings. The summed E-state index contributed by atoms with van der Waals surface area (Å²) < 4.78 is 0. The number of imide groups is 1. The van der Waals surface area contributed by atoms with Gasteiger partial charge in [-0.3, -0.25) is 14.5 Å². The number of nitrogens with zero attached hydrogens (tertiary/aromatic N) is 1. The number of carboxylic acid groups (broad SMARTS) is 1. The van der Waals surface area contributed by atoms with Crippen LogP contribution in [-0.2, 0) is 14.4 Å². The van der Waals surface area contributed by atoms with E-state index in [2.05, 4.69) is 10.6 Å². The third-order valence-corrected chi connectivity index (χ3v) is 3.30. The number of likely N-dealkylation sites (tertiary alicyclic amines) is 1. The average molecular weight is 285 g/mol. The van der Waals surface area contributed by atoms with Crippen molar-refractivity contribution in [3.8, 4) is 0 Å². The summed E-state index contributed by atoms with van der Waals surface area (Å²) in [5, 5.41) is 13.8. The Bertz CT molecular complexity index is 450. The zero-order chi connectivity index (χ0) is 15.5. The van der Waals surface area contributed by atoms with Gasteiger partial charge in [0.2, 0.25) is 5.91 Å². The predicted molar refractivity (Wildman–Crippen MR) is 68.8 cm³/mol. The van der Waals surface area contributed by atoms with Gasteiger partial charge in [0.15, 0.2) is 0 Å². The summed E-state index contributed by atoms with van der Waals surface area (Å²) in [5.41, 5.74) is -1.41. The highest BCUT2D eigenvalue weighted by atomic mass is 16.4. The molecule has 0 spiro atoms. The molecule has 2 unspecified atom stereocenters. The first-order chi connectivity index (χ1) is 9.21. The summed E-state index contributed by atoms with van der Waals surface area (Å²) in [6.45, 7) is 3.20. The maximum Gasteiger partial charge on any atom is 0.329 e. The van der Waals surface area contributed by atoms with E-state index in [1.807, 2.05) is 0 Å². The molecule has 8 heteroatoms. The molecule has 1 heterocycles. The van der Waals surface area contributed by atoms with Crippen LogP contribution in [0.1, 0.15) is 33.1 Å². The fourth-order valence-corrected chi connectivity index (χ4v) is 2.04. The van der Waals surface area contributed by atoms with Gasteiger partial charge >= 0.3 is 12.0 Å². The van der Waals surface area contributed by atoms with E-state index in [-0.39, 0.29) is 18.7 Å². The third-order valence-electron chi connectivity index (χ3n) is 3.30. The summed E-state index contributed by atoms with van der Waals surface area (Å²) in [7, 11) is 1.34. The van der Waals surface area contributed by atoms with Crippen LogP contribution >= 0.6 is 0 Å². The highest BCUT2D eigenvalue weighted by molar-refractivity contribution is 6.06. The van der Waals surface area contributed by atoms with Gasteiger partial charge in [-0.25, -0.2) is 9.59 Å². The average Bonchev–Trinajstić information content (AvgIpc) is 2.57. The van der Waals surface area contributed by atoms with Crippen molar-refractivity contribution in [1.29, 1.82) is 0 Å². The number of amides is 4. The first-order valence-corrected chi connectivity index (χ1v) is 6.33. The normalized spacial score (nSPS) is 21.6. The largest absolute Gasteiger partial charge is 0.480 e. The SMILES string of the molecule is CCCC(C)(NC(=O)NC1CC(=O)N(C)C1=O)C(=O)O. The van der Waals surface area contributed by atoms with E-state index < -0.39 is 29.5 Å². The van der Waals surface area contributed by atoms with Crippen molar-refractivity contribution < 1.29 is 24.3 Å².